The number of anilines is 1. The molecule has 1 N–H and O–H groups in total. The van der Waals surface area contributed by atoms with E-state index in [1.807, 2.05) is 89.7 Å². The van der Waals surface area contributed by atoms with Gasteiger partial charge in [0.25, 0.3) is 0 Å². The Morgan fingerprint density at radius 1 is 1.00 bits per heavy atom. The molecule has 5 nitrogen and oxygen atoms in total. The van der Waals surface area contributed by atoms with Gasteiger partial charge >= 0.3 is 0 Å². The molecule has 140 valence electrons. The number of carbonyl (C=O) groups excluding carboxylic acids is 1. The monoisotopic (exact) mass is 406 g/mol. The summed E-state index contributed by atoms with van der Waals surface area (Å²) in [5, 5.41) is 14.1. The van der Waals surface area contributed by atoms with E-state index in [2.05, 4.69) is 15.5 Å². The van der Waals surface area contributed by atoms with Crippen molar-refractivity contribution in [2.24, 2.45) is 0 Å². The minimum absolute atomic E-state index is 0.0727. The van der Waals surface area contributed by atoms with Gasteiger partial charge in [-0.1, -0.05) is 54.2 Å². The van der Waals surface area contributed by atoms with E-state index in [0.717, 1.165) is 22.1 Å². The number of hydrogen-bond acceptors (Lipinski definition) is 5. The topological polar surface area (TPSA) is 59.8 Å². The van der Waals surface area contributed by atoms with Gasteiger partial charge in [0.15, 0.2) is 11.0 Å². The van der Waals surface area contributed by atoms with Crippen LogP contribution in [0.15, 0.2) is 83.3 Å². The maximum absolute atomic E-state index is 12.6. The molecule has 2 aromatic heterocycles. The number of thioether (sulfide) groups is 1. The van der Waals surface area contributed by atoms with Gasteiger partial charge in [-0.2, -0.15) is 0 Å². The first-order valence-corrected chi connectivity index (χ1v) is 10.6. The van der Waals surface area contributed by atoms with E-state index in [-0.39, 0.29) is 11.2 Å². The maximum Gasteiger partial charge on any atom is 0.237 e. The Bertz CT molecular complexity index is 1050. The first-order chi connectivity index (χ1) is 13.7. The van der Waals surface area contributed by atoms with Gasteiger partial charge in [-0.3, -0.25) is 9.36 Å². The molecule has 4 aromatic rings. The molecule has 4 rings (SSSR count). The van der Waals surface area contributed by atoms with Crippen LogP contribution in [0.4, 0.5) is 5.69 Å². The van der Waals surface area contributed by atoms with E-state index < -0.39 is 0 Å². The van der Waals surface area contributed by atoms with Gasteiger partial charge in [-0.15, -0.1) is 21.5 Å². The van der Waals surface area contributed by atoms with Crippen LogP contribution in [-0.4, -0.2) is 25.9 Å². The zero-order valence-corrected chi connectivity index (χ0v) is 16.8. The Hall–Kier alpha value is -2.90. The normalized spacial score (nSPS) is 11.9. The summed E-state index contributed by atoms with van der Waals surface area (Å²) in [6.45, 7) is 1.87. The van der Waals surface area contributed by atoms with Gasteiger partial charge in [-0.25, -0.2) is 0 Å². The van der Waals surface area contributed by atoms with Crippen molar-refractivity contribution < 1.29 is 4.79 Å². The summed E-state index contributed by atoms with van der Waals surface area (Å²) in [6.07, 6.45) is 0. The van der Waals surface area contributed by atoms with Crippen LogP contribution in [-0.2, 0) is 4.79 Å². The highest BCUT2D eigenvalue weighted by atomic mass is 32.2. The lowest BCUT2D eigenvalue weighted by molar-refractivity contribution is -0.115. The fraction of sp³-hybridized carbons (Fsp3) is 0.0952. The fourth-order valence-electron chi connectivity index (χ4n) is 2.70. The number of benzene rings is 2. The molecule has 28 heavy (non-hydrogen) atoms. The molecule has 0 fully saturated rings. The second-order valence-corrected chi connectivity index (χ2v) is 8.33. The number of rotatable bonds is 6. The lowest BCUT2D eigenvalue weighted by atomic mass is 10.3. The minimum atomic E-state index is -0.331. The molecule has 2 aromatic carbocycles. The molecule has 2 heterocycles. The van der Waals surface area contributed by atoms with E-state index in [9.17, 15) is 4.79 Å². The van der Waals surface area contributed by atoms with Crippen LogP contribution in [0.3, 0.4) is 0 Å². The number of aromatic nitrogens is 3. The summed E-state index contributed by atoms with van der Waals surface area (Å²) in [7, 11) is 0. The Balaban J connectivity index is 1.62. The predicted octanol–water partition coefficient (Wildman–Crippen LogP) is 5.12. The summed E-state index contributed by atoms with van der Waals surface area (Å²) in [4.78, 5) is 13.6. The Labute approximate surface area is 171 Å². The molecule has 0 bridgehead atoms. The van der Waals surface area contributed by atoms with Crippen LogP contribution in [0.2, 0.25) is 0 Å². The van der Waals surface area contributed by atoms with E-state index in [0.29, 0.717) is 5.16 Å². The van der Waals surface area contributed by atoms with Crippen molar-refractivity contribution in [2.75, 3.05) is 5.32 Å². The highest BCUT2D eigenvalue weighted by molar-refractivity contribution is 8.00. The Kier molecular flexibility index (Phi) is 5.55. The summed E-state index contributed by atoms with van der Waals surface area (Å²) in [5.74, 6) is 0.704. The summed E-state index contributed by atoms with van der Waals surface area (Å²) in [5.41, 5.74) is 1.75. The van der Waals surface area contributed by atoms with E-state index in [1.54, 1.807) is 11.3 Å². The SMILES string of the molecule is C[C@@H](Sc1nnc(-c2cccs2)n1-c1ccccc1)C(=O)Nc1ccccc1. The van der Waals surface area contributed by atoms with Gasteiger partial charge in [0, 0.05) is 11.4 Å². The number of para-hydroxylation sites is 2. The molecule has 0 radical (unpaired) electrons. The molecule has 0 spiro atoms. The van der Waals surface area contributed by atoms with E-state index in [4.69, 9.17) is 0 Å². The molecule has 1 atom stereocenters. The zero-order valence-electron chi connectivity index (χ0n) is 15.1. The van der Waals surface area contributed by atoms with Gasteiger partial charge in [0.2, 0.25) is 5.91 Å². The number of nitrogens with one attached hydrogen (secondary N) is 1. The molecule has 0 aliphatic rings. The van der Waals surface area contributed by atoms with Crippen LogP contribution >= 0.6 is 23.1 Å². The highest BCUT2D eigenvalue weighted by Gasteiger charge is 2.22. The van der Waals surface area contributed by atoms with Crippen molar-refractivity contribution in [2.45, 2.75) is 17.3 Å². The molecule has 0 aliphatic carbocycles. The molecule has 0 saturated heterocycles. The summed E-state index contributed by atoms with van der Waals surface area (Å²) >= 11 is 3.01. The number of carbonyl (C=O) groups is 1. The van der Waals surface area contributed by atoms with Gasteiger partial charge < -0.3 is 5.32 Å². The predicted molar refractivity (Wildman–Crippen MR) is 115 cm³/mol. The zero-order chi connectivity index (χ0) is 19.3. The lowest BCUT2D eigenvalue weighted by Gasteiger charge is -2.13. The highest BCUT2D eigenvalue weighted by Crippen LogP contribution is 2.32. The molecule has 0 aliphatic heterocycles. The number of amides is 1. The second kappa shape index (κ2) is 8.41. The first kappa shape index (κ1) is 18.5. The van der Waals surface area contributed by atoms with Crippen molar-refractivity contribution in [3.63, 3.8) is 0 Å². The fourth-order valence-corrected chi connectivity index (χ4v) is 4.26. The van der Waals surface area contributed by atoms with Crippen LogP contribution < -0.4 is 5.32 Å². The lowest BCUT2D eigenvalue weighted by Crippen LogP contribution is -2.22. The van der Waals surface area contributed by atoms with E-state index >= 15 is 0 Å². The van der Waals surface area contributed by atoms with Crippen LogP contribution in [0.25, 0.3) is 16.4 Å². The standard InChI is InChI=1S/C21H18N4OS2/c1-15(20(26)22-16-9-4-2-5-10-16)28-21-24-23-19(18-13-8-14-27-18)25(21)17-11-6-3-7-12-17/h2-15H,1H3,(H,22,26)/t15-/m1/s1. The number of thiophene rings is 1. The van der Waals surface area contributed by atoms with Crippen molar-refractivity contribution >= 4 is 34.7 Å². The van der Waals surface area contributed by atoms with E-state index in [1.165, 1.54) is 11.8 Å². The van der Waals surface area contributed by atoms with Gasteiger partial charge in [0.05, 0.1) is 10.1 Å². The largest absolute Gasteiger partial charge is 0.325 e. The maximum atomic E-state index is 12.6. The van der Waals surface area contributed by atoms with Crippen molar-refractivity contribution in [3.8, 4) is 16.4 Å². The van der Waals surface area contributed by atoms with Gasteiger partial charge in [-0.05, 0) is 42.6 Å². The molecule has 1 amide bonds. The smallest absolute Gasteiger partial charge is 0.237 e. The average Bonchev–Trinajstić information content (AvgIpc) is 3.39. The third kappa shape index (κ3) is 4.00. The average molecular weight is 407 g/mol. The summed E-state index contributed by atoms with van der Waals surface area (Å²) in [6, 6.07) is 23.4. The van der Waals surface area contributed by atoms with Crippen LogP contribution in [0, 0.1) is 0 Å². The van der Waals surface area contributed by atoms with Crippen molar-refractivity contribution in [1.82, 2.24) is 14.8 Å². The first-order valence-electron chi connectivity index (χ1n) is 8.79. The second-order valence-electron chi connectivity index (χ2n) is 6.07. The molecule has 7 heteroatoms. The van der Waals surface area contributed by atoms with Crippen LogP contribution in [0.1, 0.15) is 6.92 Å². The Morgan fingerprint density at radius 3 is 2.39 bits per heavy atom. The van der Waals surface area contributed by atoms with Crippen molar-refractivity contribution in [3.05, 3.63) is 78.2 Å². The van der Waals surface area contributed by atoms with Crippen molar-refractivity contribution in [1.29, 1.82) is 0 Å². The number of hydrogen-bond donors (Lipinski definition) is 1. The third-order valence-electron chi connectivity index (χ3n) is 4.08. The number of nitrogens with zero attached hydrogens (tertiary/aromatic N) is 3. The van der Waals surface area contributed by atoms with Gasteiger partial charge in [0.1, 0.15) is 0 Å². The summed E-state index contributed by atoms with van der Waals surface area (Å²) < 4.78 is 2.00. The molecular formula is C21H18N4OS2. The van der Waals surface area contributed by atoms with Crippen LogP contribution in [0.5, 0.6) is 0 Å². The molecular weight excluding hydrogens is 388 g/mol. The third-order valence-corrected chi connectivity index (χ3v) is 5.99. The molecule has 0 saturated carbocycles. The minimum Gasteiger partial charge on any atom is -0.325 e. The Morgan fingerprint density at radius 2 is 1.71 bits per heavy atom. The molecule has 0 unspecified atom stereocenters. The quantitative estimate of drug-likeness (QED) is 0.452.